The molecule has 1 aliphatic rings. The van der Waals surface area contributed by atoms with Crippen molar-refractivity contribution in [1.82, 2.24) is 10.6 Å². The predicted molar refractivity (Wildman–Crippen MR) is 47.6 cm³/mol. The molecule has 0 aliphatic carbocycles. The van der Waals surface area contributed by atoms with Crippen molar-refractivity contribution >= 4 is 0 Å². The monoisotopic (exact) mass is 157 g/mol. The molecule has 66 valence electrons. The van der Waals surface area contributed by atoms with Crippen molar-refractivity contribution in [3.8, 4) is 0 Å². The predicted octanol–water partition coefficient (Wildman–Crippen LogP) is -0.323. The number of rotatable bonds is 4. The van der Waals surface area contributed by atoms with Crippen LogP contribution in [0, 0.1) is 0 Å². The van der Waals surface area contributed by atoms with Gasteiger partial charge in [0.05, 0.1) is 0 Å². The summed E-state index contributed by atoms with van der Waals surface area (Å²) in [6.45, 7) is 3.96. The molecular formula is C8H19N3. The van der Waals surface area contributed by atoms with Crippen LogP contribution in [0.15, 0.2) is 0 Å². The van der Waals surface area contributed by atoms with E-state index in [0.29, 0.717) is 6.04 Å². The lowest BCUT2D eigenvalue weighted by Gasteiger charge is -2.23. The maximum absolute atomic E-state index is 5.36. The van der Waals surface area contributed by atoms with E-state index in [0.717, 1.165) is 19.6 Å². The van der Waals surface area contributed by atoms with Gasteiger partial charge in [-0.1, -0.05) is 6.42 Å². The van der Waals surface area contributed by atoms with E-state index >= 15 is 0 Å². The fraction of sp³-hybridized carbons (Fsp3) is 1.00. The Hall–Kier alpha value is -0.120. The molecule has 0 radical (unpaired) electrons. The van der Waals surface area contributed by atoms with Crippen molar-refractivity contribution in [2.75, 3.05) is 26.2 Å². The highest BCUT2D eigenvalue weighted by Gasteiger charge is 2.10. The Morgan fingerprint density at radius 2 is 2.36 bits per heavy atom. The first-order valence-corrected chi connectivity index (χ1v) is 4.57. The Labute approximate surface area is 68.7 Å². The van der Waals surface area contributed by atoms with E-state index in [-0.39, 0.29) is 0 Å². The topological polar surface area (TPSA) is 50.1 Å². The van der Waals surface area contributed by atoms with Crippen molar-refractivity contribution in [3.05, 3.63) is 0 Å². The molecule has 3 nitrogen and oxygen atoms in total. The van der Waals surface area contributed by atoms with Crippen molar-refractivity contribution in [1.29, 1.82) is 0 Å². The fourth-order valence-electron chi connectivity index (χ4n) is 1.48. The summed E-state index contributed by atoms with van der Waals surface area (Å²) in [6.07, 6.45) is 4.03. The van der Waals surface area contributed by atoms with Gasteiger partial charge in [0.2, 0.25) is 0 Å². The standard InChI is InChI=1S/C8H19N3/c9-4-6-10-7-8-3-1-2-5-11-8/h8,10-11H,1-7,9H2. The zero-order valence-corrected chi connectivity index (χ0v) is 7.10. The zero-order chi connectivity index (χ0) is 7.94. The van der Waals surface area contributed by atoms with Gasteiger partial charge >= 0.3 is 0 Å². The molecule has 0 aromatic heterocycles. The molecule has 0 aromatic carbocycles. The highest BCUT2D eigenvalue weighted by Crippen LogP contribution is 2.05. The molecule has 1 unspecified atom stereocenters. The SMILES string of the molecule is NCCNCC1CCCCN1. The van der Waals surface area contributed by atoms with Gasteiger partial charge in [-0.25, -0.2) is 0 Å². The van der Waals surface area contributed by atoms with E-state index in [1.54, 1.807) is 0 Å². The van der Waals surface area contributed by atoms with Gasteiger partial charge < -0.3 is 16.4 Å². The number of nitrogens with two attached hydrogens (primary N) is 1. The normalized spacial score (nSPS) is 25.4. The third kappa shape index (κ3) is 3.70. The molecular weight excluding hydrogens is 138 g/mol. The van der Waals surface area contributed by atoms with Crippen LogP contribution < -0.4 is 16.4 Å². The van der Waals surface area contributed by atoms with Crippen LogP contribution in [0.5, 0.6) is 0 Å². The Balaban J connectivity index is 1.96. The summed E-state index contributed by atoms with van der Waals surface area (Å²) in [6, 6.07) is 0.690. The van der Waals surface area contributed by atoms with Crippen LogP contribution in [0.1, 0.15) is 19.3 Å². The molecule has 1 atom stereocenters. The van der Waals surface area contributed by atoms with E-state index in [9.17, 15) is 0 Å². The number of piperidine rings is 1. The average Bonchev–Trinajstić information content (AvgIpc) is 2.07. The van der Waals surface area contributed by atoms with E-state index in [1.807, 2.05) is 0 Å². The number of hydrogen-bond acceptors (Lipinski definition) is 3. The van der Waals surface area contributed by atoms with Crippen LogP contribution in [0.25, 0.3) is 0 Å². The molecule has 1 saturated heterocycles. The molecule has 1 heterocycles. The summed E-state index contributed by atoms with van der Waals surface area (Å²) >= 11 is 0. The van der Waals surface area contributed by atoms with Crippen molar-refractivity contribution in [2.45, 2.75) is 25.3 Å². The second kappa shape index (κ2) is 5.52. The molecule has 0 spiro atoms. The second-order valence-electron chi connectivity index (χ2n) is 3.14. The Bertz CT molecular complexity index is 89.3. The van der Waals surface area contributed by atoms with Crippen LogP contribution in [-0.4, -0.2) is 32.2 Å². The quantitative estimate of drug-likeness (QED) is 0.490. The highest BCUT2D eigenvalue weighted by molar-refractivity contribution is 4.73. The summed E-state index contributed by atoms with van der Waals surface area (Å²) in [7, 11) is 0. The minimum atomic E-state index is 0.690. The summed E-state index contributed by atoms with van der Waals surface area (Å²) in [4.78, 5) is 0. The molecule has 0 bridgehead atoms. The molecule has 1 rings (SSSR count). The third-order valence-corrected chi connectivity index (χ3v) is 2.12. The van der Waals surface area contributed by atoms with Crippen molar-refractivity contribution in [2.24, 2.45) is 5.73 Å². The summed E-state index contributed by atoms with van der Waals surface area (Å²) < 4.78 is 0. The smallest absolute Gasteiger partial charge is 0.0192 e. The number of nitrogens with one attached hydrogen (secondary N) is 2. The lowest BCUT2D eigenvalue weighted by molar-refractivity contribution is 0.385. The third-order valence-electron chi connectivity index (χ3n) is 2.12. The highest BCUT2D eigenvalue weighted by atomic mass is 15.0. The van der Waals surface area contributed by atoms with Crippen LogP contribution >= 0.6 is 0 Å². The number of hydrogen-bond donors (Lipinski definition) is 3. The molecule has 1 aliphatic heterocycles. The Morgan fingerprint density at radius 1 is 1.45 bits per heavy atom. The van der Waals surface area contributed by atoms with E-state index in [2.05, 4.69) is 10.6 Å². The van der Waals surface area contributed by atoms with Crippen molar-refractivity contribution in [3.63, 3.8) is 0 Å². The Kier molecular flexibility index (Phi) is 4.50. The molecule has 0 saturated carbocycles. The molecule has 4 N–H and O–H groups in total. The fourth-order valence-corrected chi connectivity index (χ4v) is 1.48. The Morgan fingerprint density at radius 3 is 3.00 bits per heavy atom. The van der Waals surface area contributed by atoms with Gasteiger partial charge in [-0.15, -0.1) is 0 Å². The molecule has 3 heteroatoms. The van der Waals surface area contributed by atoms with Gasteiger partial charge in [-0.05, 0) is 19.4 Å². The summed E-state index contributed by atoms with van der Waals surface area (Å²) in [5, 5.41) is 6.79. The molecule has 0 amide bonds. The van der Waals surface area contributed by atoms with Gasteiger partial charge in [0, 0.05) is 25.7 Å². The maximum Gasteiger partial charge on any atom is 0.0192 e. The summed E-state index contributed by atoms with van der Waals surface area (Å²) in [5.41, 5.74) is 5.36. The van der Waals surface area contributed by atoms with Gasteiger partial charge in [0.15, 0.2) is 0 Å². The molecule has 11 heavy (non-hydrogen) atoms. The minimum absolute atomic E-state index is 0.690. The van der Waals surface area contributed by atoms with Gasteiger partial charge in [0.25, 0.3) is 0 Å². The lowest BCUT2D eigenvalue weighted by atomic mass is 10.1. The van der Waals surface area contributed by atoms with Gasteiger partial charge in [-0.2, -0.15) is 0 Å². The first-order chi connectivity index (χ1) is 5.43. The van der Waals surface area contributed by atoms with Crippen LogP contribution in [-0.2, 0) is 0 Å². The molecule has 0 aromatic rings. The van der Waals surface area contributed by atoms with Crippen LogP contribution in [0.3, 0.4) is 0 Å². The maximum atomic E-state index is 5.36. The van der Waals surface area contributed by atoms with Gasteiger partial charge in [-0.3, -0.25) is 0 Å². The minimum Gasteiger partial charge on any atom is -0.329 e. The summed E-state index contributed by atoms with van der Waals surface area (Å²) in [5.74, 6) is 0. The first-order valence-electron chi connectivity index (χ1n) is 4.57. The first kappa shape index (κ1) is 8.97. The zero-order valence-electron chi connectivity index (χ0n) is 7.10. The lowest BCUT2D eigenvalue weighted by Crippen LogP contribution is -2.42. The molecule has 1 fully saturated rings. The van der Waals surface area contributed by atoms with E-state index in [1.165, 1.54) is 25.8 Å². The largest absolute Gasteiger partial charge is 0.329 e. The van der Waals surface area contributed by atoms with E-state index in [4.69, 9.17) is 5.73 Å². The van der Waals surface area contributed by atoms with E-state index < -0.39 is 0 Å². The van der Waals surface area contributed by atoms with Crippen LogP contribution in [0.2, 0.25) is 0 Å². The van der Waals surface area contributed by atoms with Crippen LogP contribution in [0.4, 0.5) is 0 Å². The van der Waals surface area contributed by atoms with Gasteiger partial charge in [0.1, 0.15) is 0 Å². The van der Waals surface area contributed by atoms with Crippen molar-refractivity contribution < 1.29 is 0 Å². The second-order valence-corrected chi connectivity index (χ2v) is 3.14. The average molecular weight is 157 g/mol.